The minimum absolute atomic E-state index is 0.562. The molecule has 0 aliphatic carbocycles. The van der Waals surface area contributed by atoms with Gasteiger partial charge >= 0.3 is 0 Å². The largest absolute Gasteiger partial charge is 0.213 e. The summed E-state index contributed by atoms with van der Waals surface area (Å²) in [4.78, 5) is 0. The summed E-state index contributed by atoms with van der Waals surface area (Å²) in [5.41, 5.74) is 0. The quantitative estimate of drug-likeness (QED) is 0.379. The van der Waals surface area contributed by atoms with Gasteiger partial charge in [-0.1, -0.05) is 15.9 Å². The Morgan fingerprint density at radius 2 is 2.25 bits per heavy atom. The zero-order valence-corrected chi connectivity index (χ0v) is 7.00. The molecule has 0 saturated carbocycles. The van der Waals surface area contributed by atoms with E-state index in [4.69, 9.17) is 0 Å². The molecule has 0 aromatic rings. The fourth-order valence-corrected chi connectivity index (χ4v) is 1.03. The van der Waals surface area contributed by atoms with Gasteiger partial charge in [-0.2, -0.15) is 0 Å². The van der Waals surface area contributed by atoms with E-state index >= 15 is 0 Å². The van der Waals surface area contributed by atoms with Crippen LogP contribution in [-0.4, -0.2) is 14.9 Å². The maximum atomic E-state index is 9.74. The lowest BCUT2D eigenvalue weighted by Crippen LogP contribution is -1.77. The summed E-state index contributed by atoms with van der Waals surface area (Å²) in [7, 11) is 0. The number of hydrogen-bond acceptors (Lipinski definition) is 1. The maximum absolute atomic E-state index is 9.74. The Hall–Kier alpha value is 0.370. The summed E-state index contributed by atoms with van der Waals surface area (Å²) in [6.07, 6.45) is 3.23. The molecule has 0 spiro atoms. The summed E-state index contributed by atoms with van der Waals surface area (Å²) >= 11 is 3.86. The molecule has 8 heavy (non-hydrogen) atoms. The van der Waals surface area contributed by atoms with Gasteiger partial charge in [0.15, 0.2) is 0 Å². The van der Waals surface area contributed by atoms with Gasteiger partial charge in [0.05, 0.1) is 11.3 Å². The van der Waals surface area contributed by atoms with Gasteiger partial charge in [0, 0.05) is 10.7 Å². The molecule has 0 amide bonds. The maximum Gasteiger partial charge on any atom is 0.0841 e. The molecule has 1 nitrogen and oxygen atoms in total. The Bertz CT molecular complexity index is 88.4. The molecule has 0 aliphatic heterocycles. The lowest BCUT2D eigenvalue weighted by atomic mass is 10.3. The number of rotatable bonds is 4. The first-order valence-electron chi connectivity index (χ1n) is 2.58. The van der Waals surface area contributed by atoms with Crippen molar-refractivity contribution < 1.29 is 4.21 Å². The van der Waals surface area contributed by atoms with Crippen molar-refractivity contribution in [1.29, 1.82) is 0 Å². The summed E-state index contributed by atoms with van der Waals surface area (Å²) < 4.78 is 9.74. The summed E-state index contributed by atoms with van der Waals surface area (Å²) in [6.45, 7) is 0. The van der Waals surface area contributed by atoms with E-state index in [0.717, 1.165) is 24.6 Å². The van der Waals surface area contributed by atoms with Crippen LogP contribution in [0, 0.1) is 0 Å². The van der Waals surface area contributed by atoms with Gasteiger partial charge in [0.25, 0.3) is 0 Å². The smallest absolute Gasteiger partial charge is 0.0841 e. The zero-order chi connectivity index (χ0) is 6.24. The Balaban J connectivity index is 2.82. The predicted molar refractivity (Wildman–Crippen MR) is 41.9 cm³/mol. The van der Waals surface area contributed by atoms with Crippen LogP contribution in [0.1, 0.15) is 19.3 Å². The van der Waals surface area contributed by atoms with E-state index in [1.165, 1.54) is 0 Å². The highest BCUT2D eigenvalue weighted by Crippen LogP contribution is 1.94. The van der Waals surface area contributed by atoms with E-state index in [9.17, 15) is 4.21 Å². The first kappa shape index (κ1) is 8.37. The number of halogens is 1. The van der Waals surface area contributed by atoms with Crippen molar-refractivity contribution in [3.63, 3.8) is 0 Å². The van der Waals surface area contributed by atoms with Crippen LogP contribution in [0.25, 0.3) is 0 Å². The van der Waals surface area contributed by atoms with Crippen molar-refractivity contribution >= 4 is 32.6 Å². The molecule has 0 bridgehead atoms. The van der Waals surface area contributed by atoms with Crippen LogP contribution < -0.4 is 0 Å². The number of unbranched alkanes of at least 4 members (excludes halogenated alkanes) is 2. The van der Waals surface area contributed by atoms with Gasteiger partial charge in [-0.25, -0.2) is 4.21 Å². The standard InChI is InChI=1S/C5H9BrOS/c6-4-2-1-3-5-8-7/h5H,1-4H2. The molecule has 0 N–H and O–H groups in total. The molecule has 0 heterocycles. The molecule has 0 aromatic carbocycles. The normalized spacial score (nSPS) is 8.62. The van der Waals surface area contributed by atoms with Crippen LogP contribution in [0.15, 0.2) is 0 Å². The van der Waals surface area contributed by atoms with Crippen LogP contribution in [0.5, 0.6) is 0 Å². The molecule has 0 aromatic heterocycles. The summed E-state index contributed by atoms with van der Waals surface area (Å²) in [5.74, 6) is 0. The van der Waals surface area contributed by atoms with Crippen molar-refractivity contribution in [3.8, 4) is 0 Å². The topological polar surface area (TPSA) is 17.1 Å². The number of hydrogen-bond donors (Lipinski definition) is 0. The molecule has 0 rings (SSSR count). The van der Waals surface area contributed by atoms with Gasteiger partial charge in [0.1, 0.15) is 0 Å². The van der Waals surface area contributed by atoms with Crippen molar-refractivity contribution in [2.75, 3.05) is 5.33 Å². The second-order valence-electron chi connectivity index (χ2n) is 1.45. The van der Waals surface area contributed by atoms with Crippen molar-refractivity contribution in [2.45, 2.75) is 19.3 Å². The lowest BCUT2D eigenvalue weighted by molar-refractivity contribution is 0.701. The van der Waals surface area contributed by atoms with E-state index < -0.39 is 0 Å². The minimum Gasteiger partial charge on any atom is -0.213 e. The molecule has 0 atom stereocenters. The van der Waals surface area contributed by atoms with Gasteiger partial charge < -0.3 is 0 Å². The molecular formula is C5H9BrOS. The highest BCUT2D eigenvalue weighted by Gasteiger charge is 1.80. The van der Waals surface area contributed by atoms with E-state index in [1.54, 1.807) is 5.37 Å². The molecule has 48 valence electrons. The molecule has 0 radical (unpaired) electrons. The molecule has 3 heteroatoms. The van der Waals surface area contributed by atoms with E-state index in [0.29, 0.717) is 11.3 Å². The molecule has 0 aliphatic rings. The second kappa shape index (κ2) is 7.37. The molecule has 0 unspecified atom stereocenters. The third-order valence-corrected chi connectivity index (χ3v) is 1.71. The molecular weight excluding hydrogens is 188 g/mol. The highest BCUT2D eigenvalue weighted by molar-refractivity contribution is 9.09. The fraction of sp³-hybridized carbons (Fsp3) is 0.800. The summed E-state index contributed by atoms with van der Waals surface area (Å²) in [5, 5.41) is 2.74. The number of alkyl halides is 1. The van der Waals surface area contributed by atoms with Gasteiger partial charge in [-0.05, 0) is 19.3 Å². The Kier molecular flexibility index (Phi) is 7.71. The van der Waals surface area contributed by atoms with Crippen molar-refractivity contribution in [2.24, 2.45) is 0 Å². The first-order chi connectivity index (χ1) is 3.91. The van der Waals surface area contributed by atoms with Crippen molar-refractivity contribution in [3.05, 3.63) is 0 Å². The first-order valence-corrected chi connectivity index (χ1v) is 4.50. The van der Waals surface area contributed by atoms with Crippen LogP contribution in [0.4, 0.5) is 0 Å². The van der Waals surface area contributed by atoms with Crippen LogP contribution in [-0.2, 0) is 11.3 Å². The van der Waals surface area contributed by atoms with Gasteiger partial charge in [0.2, 0.25) is 0 Å². The highest BCUT2D eigenvalue weighted by atomic mass is 79.9. The van der Waals surface area contributed by atoms with E-state index in [-0.39, 0.29) is 0 Å². The third-order valence-electron chi connectivity index (χ3n) is 0.774. The van der Waals surface area contributed by atoms with Gasteiger partial charge in [-0.3, -0.25) is 0 Å². The zero-order valence-electron chi connectivity index (χ0n) is 4.60. The average molecular weight is 197 g/mol. The van der Waals surface area contributed by atoms with Crippen LogP contribution in [0.3, 0.4) is 0 Å². The third kappa shape index (κ3) is 6.37. The average Bonchev–Trinajstić information content (AvgIpc) is 1.81. The predicted octanol–water partition coefficient (Wildman–Crippen LogP) is 1.57. The van der Waals surface area contributed by atoms with E-state index in [2.05, 4.69) is 15.9 Å². The van der Waals surface area contributed by atoms with Crippen LogP contribution in [0.2, 0.25) is 0 Å². The van der Waals surface area contributed by atoms with Crippen LogP contribution >= 0.6 is 15.9 Å². The SMILES string of the molecule is O=S=CCCCCBr. The summed E-state index contributed by atoms with van der Waals surface area (Å²) in [6, 6.07) is 0. The van der Waals surface area contributed by atoms with E-state index in [1.807, 2.05) is 0 Å². The minimum atomic E-state index is 0.562. The Morgan fingerprint density at radius 3 is 2.75 bits per heavy atom. The molecule has 0 fully saturated rings. The Morgan fingerprint density at radius 1 is 1.50 bits per heavy atom. The second-order valence-corrected chi connectivity index (χ2v) is 2.77. The monoisotopic (exact) mass is 196 g/mol. The van der Waals surface area contributed by atoms with Gasteiger partial charge in [-0.15, -0.1) is 0 Å². The molecule has 0 saturated heterocycles. The lowest BCUT2D eigenvalue weighted by Gasteiger charge is -1.85. The Labute approximate surface area is 61.7 Å². The fourth-order valence-electron chi connectivity index (χ4n) is 0.370. The van der Waals surface area contributed by atoms with Crippen molar-refractivity contribution in [1.82, 2.24) is 0 Å².